The van der Waals surface area contributed by atoms with Crippen molar-refractivity contribution in [1.82, 2.24) is 14.9 Å². The van der Waals surface area contributed by atoms with Crippen molar-refractivity contribution in [1.29, 1.82) is 0 Å². The molecular formula is C24H22Cl2FN3O3. The first-order valence-corrected chi connectivity index (χ1v) is 11.2. The number of aromatic nitrogens is 2. The smallest absolute Gasteiger partial charge is 0.316 e. The van der Waals surface area contributed by atoms with Gasteiger partial charge in [0.2, 0.25) is 0 Å². The van der Waals surface area contributed by atoms with E-state index in [-0.39, 0.29) is 48.1 Å². The quantitative estimate of drug-likeness (QED) is 0.466. The summed E-state index contributed by atoms with van der Waals surface area (Å²) in [5.74, 6) is -0.0523. The third-order valence-electron chi connectivity index (χ3n) is 5.21. The first kappa shape index (κ1) is 23.3. The number of ether oxygens (including phenoxy) is 2. The van der Waals surface area contributed by atoms with E-state index in [1.165, 1.54) is 18.2 Å². The highest BCUT2D eigenvalue weighted by Gasteiger charge is 2.31. The Hall–Kier alpha value is -2.90. The zero-order chi connectivity index (χ0) is 23.5. The summed E-state index contributed by atoms with van der Waals surface area (Å²) < 4.78 is 25.2. The van der Waals surface area contributed by atoms with Gasteiger partial charge in [0.05, 0.1) is 34.6 Å². The fourth-order valence-electron chi connectivity index (χ4n) is 3.68. The highest BCUT2D eigenvalue weighted by molar-refractivity contribution is 6.42. The number of amides is 1. The molecule has 1 aliphatic rings. The molecule has 1 aliphatic heterocycles. The Morgan fingerprint density at radius 3 is 2.58 bits per heavy atom. The number of hydrogen-bond donors (Lipinski definition) is 0. The van der Waals surface area contributed by atoms with Gasteiger partial charge in [0.15, 0.2) is 5.75 Å². The largest absolute Gasteiger partial charge is 0.488 e. The van der Waals surface area contributed by atoms with Crippen LogP contribution in [0.1, 0.15) is 35.3 Å². The van der Waals surface area contributed by atoms with Crippen LogP contribution in [0.4, 0.5) is 4.39 Å². The summed E-state index contributed by atoms with van der Waals surface area (Å²) in [6.45, 7) is 4.23. The Kier molecular flexibility index (Phi) is 7.00. The molecule has 172 valence electrons. The molecule has 0 aliphatic carbocycles. The van der Waals surface area contributed by atoms with Crippen molar-refractivity contribution in [2.45, 2.75) is 39.0 Å². The van der Waals surface area contributed by atoms with Crippen LogP contribution in [0.3, 0.4) is 0 Å². The second-order valence-corrected chi connectivity index (χ2v) is 8.83. The molecule has 1 unspecified atom stereocenters. The third-order valence-corrected chi connectivity index (χ3v) is 5.95. The van der Waals surface area contributed by atoms with Gasteiger partial charge in [-0.2, -0.15) is 9.97 Å². The van der Waals surface area contributed by atoms with E-state index >= 15 is 0 Å². The number of fused-ring (bicyclic) bond motifs is 1. The monoisotopic (exact) mass is 489 g/mol. The van der Waals surface area contributed by atoms with Crippen LogP contribution in [0.15, 0.2) is 48.8 Å². The van der Waals surface area contributed by atoms with Gasteiger partial charge in [-0.15, -0.1) is 0 Å². The molecule has 4 rings (SSSR count). The Morgan fingerprint density at radius 2 is 1.88 bits per heavy atom. The lowest BCUT2D eigenvalue weighted by Gasteiger charge is -2.36. The van der Waals surface area contributed by atoms with Crippen LogP contribution in [-0.4, -0.2) is 39.5 Å². The van der Waals surface area contributed by atoms with Crippen LogP contribution < -0.4 is 9.47 Å². The maximum atomic E-state index is 13.8. The predicted octanol–water partition coefficient (Wildman–Crippen LogP) is 5.36. The summed E-state index contributed by atoms with van der Waals surface area (Å²) in [4.78, 5) is 23.4. The fourth-order valence-corrected chi connectivity index (χ4v) is 3.98. The summed E-state index contributed by atoms with van der Waals surface area (Å²) in [5.41, 5.74) is 2.11. The molecule has 0 fully saturated rings. The van der Waals surface area contributed by atoms with Gasteiger partial charge < -0.3 is 14.4 Å². The van der Waals surface area contributed by atoms with E-state index in [2.05, 4.69) is 9.97 Å². The average Bonchev–Trinajstić information content (AvgIpc) is 2.79. The zero-order valence-corrected chi connectivity index (χ0v) is 19.6. The lowest BCUT2D eigenvalue weighted by molar-refractivity contribution is 0.0557. The number of nitrogens with zero attached hydrogens (tertiary/aromatic N) is 3. The molecule has 2 heterocycles. The van der Waals surface area contributed by atoms with Gasteiger partial charge in [0.1, 0.15) is 12.4 Å². The predicted molar refractivity (Wildman–Crippen MR) is 124 cm³/mol. The van der Waals surface area contributed by atoms with Crippen LogP contribution in [0.5, 0.6) is 11.8 Å². The van der Waals surface area contributed by atoms with E-state index in [1.807, 2.05) is 13.8 Å². The average molecular weight is 490 g/mol. The number of benzene rings is 2. The summed E-state index contributed by atoms with van der Waals surface area (Å²) in [5, 5.41) is 0.650. The Bertz CT molecular complexity index is 1160. The molecule has 3 aromatic rings. The minimum atomic E-state index is -0.345. The number of carbonyl (C=O) groups is 1. The highest BCUT2D eigenvalue weighted by atomic mass is 35.5. The van der Waals surface area contributed by atoms with Gasteiger partial charge in [0, 0.05) is 12.1 Å². The second-order valence-electron chi connectivity index (χ2n) is 8.01. The van der Waals surface area contributed by atoms with E-state index in [0.717, 1.165) is 11.1 Å². The van der Waals surface area contributed by atoms with E-state index < -0.39 is 0 Å². The van der Waals surface area contributed by atoms with Gasteiger partial charge >= 0.3 is 6.01 Å². The summed E-state index contributed by atoms with van der Waals surface area (Å²) in [6, 6.07) is 9.20. The lowest BCUT2D eigenvalue weighted by Crippen LogP contribution is -2.47. The normalized spacial score (nSPS) is 15.3. The molecule has 6 nitrogen and oxygen atoms in total. The van der Waals surface area contributed by atoms with Crippen molar-refractivity contribution in [2.24, 2.45) is 0 Å². The Morgan fingerprint density at radius 1 is 1.12 bits per heavy atom. The van der Waals surface area contributed by atoms with Gasteiger partial charge in [-0.25, -0.2) is 4.39 Å². The minimum absolute atomic E-state index is 0.00783. The van der Waals surface area contributed by atoms with Crippen molar-refractivity contribution >= 4 is 29.1 Å². The van der Waals surface area contributed by atoms with Gasteiger partial charge in [-0.05, 0) is 61.7 Å². The molecule has 1 aromatic heterocycles. The van der Waals surface area contributed by atoms with E-state index in [4.69, 9.17) is 32.7 Å². The molecule has 0 bridgehead atoms. The molecule has 0 saturated carbocycles. The molecule has 0 saturated heterocycles. The maximum absolute atomic E-state index is 13.8. The maximum Gasteiger partial charge on any atom is 0.316 e. The minimum Gasteiger partial charge on any atom is -0.488 e. The van der Waals surface area contributed by atoms with Gasteiger partial charge in [0.25, 0.3) is 5.91 Å². The second kappa shape index (κ2) is 9.93. The van der Waals surface area contributed by atoms with Crippen molar-refractivity contribution in [3.8, 4) is 11.8 Å². The third kappa shape index (κ3) is 5.54. The van der Waals surface area contributed by atoms with Gasteiger partial charge in [-0.1, -0.05) is 29.3 Å². The molecule has 33 heavy (non-hydrogen) atoms. The van der Waals surface area contributed by atoms with Crippen LogP contribution in [0, 0.1) is 5.82 Å². The van der Waals surface area contributed by atoms with E-state index in [9.17, 15) is 9.18 Å². The molecule has 0 spiro atoms. The first-order chi connectivity index (χ1) is 15.8. The van der Waals surface area contributed by atoms with Crippen molar-refractivity contribution < 1.29 is 18.7 Å². The van der Waals surface area contributed by atoms with Crippen molar-refractivity contribution in [2.75, 3.05) is 6.61 Å². The number of rotatable bonds is 6. The van der Waals surface area contributed by atoms with Crippen LogP contribution >= 0.6 is 23.2 Å². The number of hydrogen-bond acceptors (Lipinski definition) is 5. The molecule has 2 aromatic carbocycles. The summed E-state index contributed by atoms with van der Waals surface area (Å²) >= 11 is 12.1. The standard InChI is InChI=1S/C24H22Cl2FN3O3/c1-14(2)33-20-10-28-24(29-11-20)32-13-19-8-15-3-5-18(27)7-17(15)12-30(19)23(31)16-4-6-21(25)22(26)9-16/h3-7,9-11,14,19H,8,12-13H2,1-2H3. The molecule has 1 amide bonds. The zero-order valence-electron chi connectivity index (χ0n) is 18.1. The van der Waals surface area contributed by atoms with Gasteiger partial charge in [-0.3, -0.25) is 4.79 Å². The Balaban J connectivity index is 1.55. The summed E-state index contributed by atoms with van der Waals surface area (Å²) in [6.07, 6.45) is 3.59. The lowest BCUT2D eigenvalue weighted by atomic mass is 9.93. The fraction of sp³-hybridized carbons (Fsp3) is 0.292. The number of carbonyl (C=O) groups excluding carboxylic acids is 1. The SMILES string of the molecule is CC(C)Oc1cnc(OCC2Cc3ccc(F)cc3CN2C(=O)c2ccc(Cl)c(Cl)c2)nc1. The Labute approximate surface area is 201 Å². The molecule has 0 radical (unpaired) electrons. The highest BCUT2D eigenvalue weighted by Crippen LogP contribution is 2.28. The van der Waals surface area contributed by atoms with Crippen molar-refractivity contribution in [3.05, 3.63) is 81.3 Å². The molecule has 0 N–H and O–H groups in total. The van der Waals surface area contributed by atoms with E-state index in [0.29, 0.717) is 22.8 Å². The van der Waals surface area contributed by atoms with Crippen LogP contribution in [0.25, 0.3) is 0 Å². The molecular weight excluding hydrogens is 468 g/mol. The van der Waals surface area contributed by atoms with E-state index in [1.54, 1.807) is 35.5 Å². The van der Waals surface area contributed by atoms with Crippen LogP contribution in [-0.2, 0) is 13.0 Å². The van der Waals surface area contributed by atoms with Crippen LogP contribution in [0.2, 0.25) is 10.0 Å². The van der Waals surface area contributed by atoms with Crippen molar-refractivity contribution in [3.63, 3.8) is 0 Å². The molecule has 9 heteroatoms. The topological polar surface area (TPSA) is 64.6 Å². The molecule has 1 atom stereocenters. The summed E-state index contributed by atoms with van der Waals surface area (Å²) in [7, 11) is 0. The first-order valence-electron chi connectivity index (χ1n) is 10.4. The number of halogens is 3.